The van der Waals surface area contributed by atoms with Crippen molar-refractivity contribution in [2.24, 2.45) is 0 Å². The lowest BCUT2D eigenvalue weighted by Gasteiger charge is -2.17. The topological polar surface area (TPSA) is 72.5 Å². The number of carbonyl (C=O) groups excluding carboxylic acids is 3. The van der Waals surface area contributed by atoms with Gasteiger partial charge in [0.05, 0.1) is 6.42 Å². The van der Waals surface area contributed by atoms with Gasteiger partial charge in [0, 0.05) is 18.0 Å². The van der Waals surface area contributed by atoms with Crippen molar-refractivity contribution in [3.8, 4) is 0 Å². The summed E-state index contributed by atoms with van der Waals surface area (Å²) in [6.07, 6.45) is 3.46. The van der Waals surface area contributed by atoms with Crippen LogP contribution in [0, 0.1) is 0 Å². The summed E-state index contributed by atoms with van der Waals surface area (Å²) >= 11 is 0. The molecule has 1 aliphatic carbocycles. The van der Waals surface area contributed by atoms with Gasteiger partial charge in [0.1, 0.15) is 0 Å². The zero-order valence-corrected chi connectivity index (χ0v) is 13.4. The number of amides is 1. The maximum atomic E-state index is 11.9. The summed E-state index contributed by atoms with van der Waals surface area (Å²) in [6.45, 7) is 1.56. The van der Waals surface area contributed by atoms with Crippen LogP contribution >= 0.6 is 0 Å². The number of ether oxygens (including phenoxy) is 1. The van der Waals surface area contributed by atoms with Crippen LogP contribution in [0.3, 0.4) is 0 Å². The number of ketones is 1. The van der Waals surface area contributed by atoms with Gasteiger partial charge >= 0.3 is 5.97 Å². The maximum Gasteiger partial charge on any atom is 0.307 e. The molecule has 1 aliphatic rings. The van der Waals surface area contributed by atoms with Crippen molar-refractivity contribution in [3.63, 3.8) is 0 Å². The summed E-state index contributed by atoms with van der Waals surface area (Å²) in [4.78, 5) is 35.6. The first kappa shape index (κ1) is 17.2. The second kappa shape index (κ2) is 8.46. The Morgan fingerprint density at radius 2 is 1.78 bits per heavy atom. The van der Waals surface area contributed by atoms with Crippen LogP contribution in [-0.2, 0) is 14.3 Å². The fourth-order valence-corrected chi connectivity index (χ4v) is 2.68. The van der Waals surface area contributed by atoms with Crippen LogP contribution in [-0.4, -0.2) is 29.8 Å². The van der Waals surface area contributed by atoms with Gasteiger partial charge in [-0.15, -0.1) is 0 Å². The molecule has 0 saturated heterocycles. The molecular weight excluding hydrogens is 294 g/mol. The van der Waals surface area contributed by atoms with Crippen LogP contribution in [0.2, 0.25) is 0 Å². The molecule has 2 rings (SSSR count). The van der Waals surface area contributed by atoms with Crippen LogP contribution in [0.4, 0.5) is 0 Å². The second-order valence-corrected chi connectivity index (χ2v) is 5.91. The number of benzene rings is 1. The molecule has 0 unspecified atom stereocenters. The van der Waals surface area contributed by atoms with E-state index in [1.165, 1.54) is 0 Å². The van der Waals surface area contributed by atoms with Gasteiger partial charge in [-0.1, -0.05) is 43.2 Å². The van der Waals surface area contributed by atoms with E-state index in [9.17, 15) is 14.4 Å². The van der Waals surface area contributed by atoms with Crippen LogP contribution in [0.15, 0.2) is 30.3 Å². The average molecular weight is 317 g/mol. The van der Waals surface area contributed by atoms with Crippen LogP contribution < -0.4 is 5.32 Å². The van der Waals surface area contributed by atoms with Crippen LogP contribution in [0.1, 0.15) is 55.8 Å². The molecule has 124 valence electrons. The van der Waals surface area contributed by atoms with E-state index in [4.69, 9.17) is 4.74 Å². The minimum atomic E-state index is -0.824. The summed E-state index contributed by atoms with van der Waals surface area (Å²) in [7, 11) is 0. The minimum absolute atomic E-state index is 0.0191. The summed E-state index contributed by atoms with van der Waals surface area (Å²) < 4.78 is 5.11. The van der Waals surface area contributed by atoms with Crippen LogP contribution in [0.25, 0.3) is 0 Å². The molecule has 23 heavy (non-hydrogen) atoms. The quantitative estimate of drug-likeness (QED) is 0.620. The van der Waals surface area contributed by atoms with E-state index in [0.29, 0.717) is 5.56 Å². The Hall–Kier alpha value is -2.17. The first-order chi connectivity index (χ1) is 11.1. The Balaban J connectivity index is 1.71. The molecule has 1 aromatic rings. The van der Waals surface area contributed by atoms with Crippen molar-refractivity contribution in [2.75, 3.05) is 0 Å². The fourth-order valence-electron chi connectivity index (χ4n) is 2.68. The van der Waals surface area contributed by atoms with Gasteiger partial charge in [-0.2, -0.15) is 0 Å². The van der Waals surface area contributed by atoms with Crippen molar-refractivity contribution in [3.05, 3.63) is 35.9 Å². The highest BCUT2D eigenvalue weighted by atomic mass is 16.5. The Kier molecular flexibility index (Phi) is 6.32. The number of hydrogen-bond acceptors (Lipinski definition) is 4. The molecule has 0 aromatic heterocycles. The van der Waals surface area contributed by atoms with Crippen molar-refractivity contribution >= 4 is 17.7 Å². The van der Waals surface area contributed by atoms with E-state index >= 15 is 0 Å². The van der Waals surface area contributed by atoms with E-state index in [1.807, 2.05) is 6.07 Å². The van der Waals surface area contributed by atoms with Gasteiger partial charge in [0.25, 0.3) is 5.91 Å². The van der Waals surface area contributed by atoms with E-state index in [2.05, 4.69) is 5.32 Å². The van der Waals surface area contributed by atoms with Crippen molar-refractivity contribution < 1.29 is 19.1 Å². The summed E-state index contributed by atoms with van der Waals surface area (Å²) in [6, 6.07) is 9.01. The molecule has 1 N–H and O–H groups in total. The second-order valence-electron chi connectivity index (χ2n) is 5.91. The molecule has 0 aliphatic heterocycles. The smallest absolute Gasteiger partial charge is 0.307 e. The first-order valence-corrected chi connectivity index (χ1v) is 8.14. The maximum absolute atomic E-state index is 11.9. The monoisotopic (exact) mass is 317 g/mol. The summed E-state index contributed by atoms with van der Waals surface area (Å²) in [5.41, 5.74) is 0.576. The lowest BCUT2D eigenvalue weighted by atomic mass is 10.1. The predicted octanol–water partition coefficient (Wildman–Crippen LogP) is 2.64. The van der Waals surface area contributed by atoms with Gasteiger partial charge in [-0.25, -0.2) is 0 Å². The highest BCUT2D eigenvalue weighted by molar-refractivity contribution is 5.97. The molecule has 0 radical (unpaired) electrons. The summed E-state index contributed by atoms with van der Waals surface area (Å²) in [5, 5.41) is 2.89. The molecule has 0 bridgehead atoms. The highest BCUT2D eigenvalue weighted by Crippen LogP contribution is 2.17. The van der Waals surface area contributed by atoms with Gasteiger partial charge in [-0.3, -0.25) is 14.4 Å². The molecule has 0 heterocycles. The Labute approximate surface area is 136 Å². The number of carbonyl (C=O) groups is 3. The largest absolute Gasteiger partial charge is 0.453 e. The van der Waals surface area contributed by atoms with Gasteiger partial charge in [0.15, 0.2) is 11.9 Å². The number of rotatable bonds is 7. The Morgan fingerprint density at radius 1 is 1.13 bits per heavy atom. The normalized spacial score (nSPS) is 15.9. The van der Waals surface area contributed by atoms with Crippen molar-refractivity contribution in [1.82, 2.24) is 5.32 Å². The van der Waals surface area contributed by atoms with E-state index < -0.39 is 12.1 Å². The molecule has 1 aromatic carbocycles. The minimum Gasteiger partial charge on any atom is -0.453 e. The standard InChI is InChI=1S/C18H23NO4/c1-13(18(22)19-15-9-5-6-10-15)23-17(21)12-11-16(20)14-7-3-2-4-8-14/h2-4,7-8,13,15H,5-6,9-12H2,1H3,(H,19,22)/t13-/m0/s1. The number of nitrogens with one attached hydrogen (secondary N) is 1. The molecule has 1 saturated carbocycles. The lowest BCUT2D eigenvalue weighted by Crippen LogP contribution is -2.40. The number of esters is 1. The Bertz CT molecular complexity index is 549. The zero-order chi connectivity index (χ0) is 16.7. The van der Waals surface area contributed by atoms with Crippen molar-refractivity contribution in [2.45, 2.75) is 57.6 Å². The van der Waals surface area contributed by atoms with Gasteiger partial charge in [0.2, 0.25) is 0 Å². The van der Waals surface area contributed by atoms with Gasteiger partial charge < -0.3 is 10.1 Å². The van der Waals surface area contributed by atoms with Crippen molar-refractivity contribution in [1.29, 1.82) is 0 Å². The predicted molar refractivity (Wildman–Crippen MR) is 86.0 cm³/mol. The first-order valence-electron chi connectivity index (χ1n) is 8.14. The summed E-state index contributed by atoms with van der Waals surface area (Å²) in [5.74, 6) is -0.895. The lowest BCUT2D eigenvalue weighted by molar-refractivity contribution is -0.155. The molecule has 5 nitrogen and oxygen atoms in total. The highest BCUT2D eigenvalue weighted by Gasteiger charge is 2.23. The molecular formula is C18H23NO4. The van der Waals surface area contributed by atoms with E-state index in [-0.39, 0.29) is 30.6 Å². The molecule has 1 amide bonds. The average Bonchev–Trinajstić information content (AvgIpc) is 3.06. The van der Waals surface area contributed by atoms with Crippen LogP contribution in [0.5, 0.6) is 0 Å². The van der Waals surface area contributed by atoms with Gasteiger partial charge in [-0.05, 0) is 19.8 Å². The third-order valence-corrected chi connectivity index (χ3v) is 4.03. The third kappa shape index (κ3) is 5.51. The fraction of sp³-hybridized carbons (Fsp3) is 0.500. The number of hydrogen-bond donors (Lipinski definition) is 1. The third-order valence-electron chi connectivity index (χ3n) is 4.03. The van der Waals surface area contributed by atoms with E-state index in [0.717, 1.165) is 25.7 Å². The SMILES string of the molecule is C[C@H](OC(=O)CCC(=O)c1ccccc1)C(=O)NC1CCCC1. The molecule has 1 atom stereocenters. The zero-order valence-electron chi connectivity index (χ0n) is 13.4. The molecule has 1 fully saturated rings. The Morgan fingerprint density at radius 3 is 2.43 bits per heavy atom. The van der Waals surface area contributed by atoms with E-state index in [1.54, 1.807) is 31.2 Å². The number of Topliss-reactive ketones (excluding diaryl/α,β-unsaturated/α-hetero) is 1. The molecule has 5 heteroatoms. The molecule has 0 spiro atoms.